The summed E-state index contributed by atoms with van der Waals surface area (Å²) in [6.07, 6.45) is 5.62. The molecule has 2 aromatic rings. The molecule has 1 aliphatic rings. The number of likely N-dealkylation sites (N-methyl/N-ethyl adjacent to an activating group) is 1. The molecule has 0 radical (unpaired) electrons. The topological polar surface area (TPSA) is 86.4 Å². The van der Waals surface area contributed by atoms with Gasteiger partial charge in [0.2, 0.25) is 5.91 Å². The second-order valence-electron chi connectivity index (χ2n) is 6.85. The maximum atomic E-state index is 12.4. The van der Waals surface area contributed by atoms with Gasteiger partial charge in [-0.3, -0.25) is 4.79 Å². The maximum absolute atomic E-state index is 12.4. The minimum atomic E-state index is -0.308. The smallest absolute Gasteiger partial charge is 0.319 e. The summed E-state index contributed by atoms with van der Waals surface area (Å²) < 4.78 is 0. The molecule has 0 aliphatic carbocycles. The van der Waals surface area contributed by atoms with Gasteiger partial charge >= 0.3 is 6.03 Å². The molecule has 0 bridgehead atoms. The molecule has 0 unspecified atom stereocenters. The fraction of sp³-hybridized carbons (Fsp3) is 0.381. The lowest BCUT2D eigenvalue weighted by atomic mass is 10.1. The van der Waals surface area contributed by atoms with Crippen LogP contribution in [0.1, 0.15) is 30.4 Å². The monoisotopic (exact) mass is 381 g/mol. The van der Waals surface area contributed by atoms with Gasteiger partial charge in [0.25, 0.3) is 0 Å². The van der Waals surface area contributed by atoms with E-state index in [9.17, 15) is 9.59 Å². The summed E-state index contributed by atoms with van der Waals surface area (Å²) in [6, 6.07) is 10.9. The van der Waals surface area contributed by atoms with E-state index in [4.69, 9.17) is 0 Å². The van der Waals surface area contributed by atoms with Crippen molar-refractivity contribution in [2.45, 2.75) is 32.2 Å². The van der Waals surface area contributed by atoms with Gasteiger partial charge in [-0.25, -0.2) is 9.78 Å². The zero-order valence-electron chi connectivity index (χ0n) is 16.2. The highest BCUT2D eigenvalue weighted by atomic mass is 16.2. The Hall–Kier alpha value is -3.09. The predicted octanol–water partition coefficient (Wildman–Crippen LogP) is 2.68. The van der Waals surface area contributed by atoms with Crippen LogP contribution in [0.3, 0.4) is 0 Å². The molecule has 1 aromatic carbocycles. The molecule has 28 heavy (non-hydrogen) atoms. The van der Waals surface area contributed by atoms with Crippen LogP contribution in [0.15, 0.2) is 42.6 Å². The normalized spacial score (nSPS) is 13.7. The number of urea groups is 1. The lowest BCUT2D eigenvalue weighted by Crippen LogP contribution is -2.33. The number of hydrogen-bond donors (Lipinski definition) is 3. The Kier molecular flexibility index (Phi) is 6.84. The Morgan fingerprint density at radius 3 is 2.57 bits per heavy atom. The van der Waals surface area contributed by atoms with E-state index in [0.717, 1.165) is 30.0 Å². The third-order valence-electron chi connectivity index (χ3n) is 4.86. The number of para-hydroxylation sites is 1. The maximum Gasteiger partial charge on any atom is 0.319 e. The second kappa shape index (κ2) is 9.73. The Morgan fingerprint density at radius 2 is 1.79 bits per heavy atom. The lowest BCUT2D eigenvalue weighted by Gasteiger charge is -2.29. The summed E-state index contributed by atoms with van der Waals surface area (Å²) in [5, 5.41) is 8.35. The highest BCUT2D eigenvalue weighted by Crippen LogP contribution is 2.21. The van der Waals surface area contributed by atoms with Gasteiger partial charge in [0, 0.05) is 44.1 Å². The zero-order chi connectivity index (χ0) is 19.8. The number of piperidine rings is 1. The third kappa shape index (κ3) is 5.22. The number of anilines is 2. The molecule has 1 fully saturated rings. The number of nitrogens with one attached hydrogen (secondary N) is 3. The van der Waals surface area contributed by atoms with Crippen molar-refractivity contribution in [1.82, 2.24) is 15.6 Å². The number of carbonyl (C=O) groups excluding carboxylic acids is 2. The van der Waals surface area contributed by atoms with Crippen molar-refractivity contribution in [3.05, 3.63) is 53.7 Å². The summed E-state index contributed by atoms with van der Waals surface area (Å²) >= 11 is 0. The van der Waals surface area contributed by atoms with Crippen molar-refractivity contribution in [3.8, 4) is 0 Å². The van der Waals surface area contributed by atoms with Crippen LogP contribution in [0.25, 0.3) is 0 Å². The van der Waals surface area contributed by atoms with E-state index in [0.29, 0.717) is 12.2 Å². The minimum Gasteiger partial charge on any atom is -0.359 e. The van der Waals surface area contributed by atoms with Gasteiger partial charge in [0.1, 0.15) is 5.82 Å². The lowest BCUT2D eigenvalue weighted by molar-refractivity contribution is -0.119. The van der Waals surface area contributed by atoms with Gasteiger partial charge in [-0.05, 0) is 37.0 Å². The van der Waals surface area contributed by atoms with Gasteiger partial charge in [-0.2, -0.15) is 0 Å². The molecule has 7 heteroatoms. The average molecular weight is 381 g/mol. The second-order valence-corrected chi connectivity index (χ2v) is 6.85. The quantitative estimate of drug-likeness (QED) is 0.718. The Balaban J connectivity index is 1.62. The van der Waals surface area contributed by atoms with Crippen LogP contribution in [0, 0.1) is 0 Å². The van der Waals surface area contributed by atoms with E-state index in [1.807, 2.05) is 30.3 Å². The molecule has 7 nitrogen and oxygen atoms in total. The molecule has 0 spiro atoms. The summed E-state index contributed by atoms with van der Waals surface area (Å²) in [7, 11) is 1.60. The standard InChI is InChI=1S/C21H27N5O2/c1-22-19(27)14-16-8-3-4-10-18(16)25-21(28)24-15-17-9-7-11-23-20(17)26-12-5-2-6-13-26/h3-4,7-11H,2,5-6,12-15H2,1H3,(H,22,27)(H2,24,25,28). The first-order chi connectivity index (χ1) is 13.7. The summed E-state index contributed by atoms with van der Waals surface area (Å²) in [5.74, 6) is 0.846. The summed E-state index contributed by atoms with van der Waals surface area (Å²) in [6.45, 7) is 2.40. The van der Waals surface area contributed by atoms with Crippen LogP contribution in [0.4, 0.5) is 16.3 Å². The first kappa shape index (κ1) is 19.7. The molecule has 1 saturated heterocycles. The number of pyridine rings is 1. The van der Waals surface area contributed by atoms with Crippen LogP contribution >= 0.6 is 0 Å². The molecule has 1 aliphatic heterocycles. The SMILES string of the molecule is CNC(=O)Cc1ccccc1NC(=O)NCc1cccnc1N1CCCCC1. The number of carbonyl (C=O) groups is 2. The van der Waals surface area contributed by atoms with Crippen LogP contribution in [-0.4, -0.2) is 37.1 Å². The average Bonchev–Trinajstić information content (AvgIpc) is 2.74. The highest BCUT2D eigenvalue weighted by Gasteiger charge is 2.16. The van der Waals surface area contributed by atoms with Crippen molar-refractivity contribution >= 4 is 23.4 Å². The van der Waals surface area contributed by atoms with Crippen molar-refractivity contribution in [1.29, 1.82) is 0 Å². The highest BCUT2D eigenvalue weighted by molar-refractivity contribution is 5.91. The van der Waals surface area contributed by atoms with Crippen LogP contribution in [0.5, 0.6) is 0 Å². The molecular formula is C21H27N5O2. The van der Waals surface area contributed by atoms with E-state index in [1.54, 1.807) is 19.3 Å². The Bertz CT molecular complexity index is 818. The van der Waals surface area contributed by atoms with E-state index in [1.165, 1.54) is 19.3 Å². The van der Waals surface area contributed by atoms with Gasteiger partial charge in [0.15, 0.2) is 0 Å². The van der Waals surface area contributed by atoms with Crippen LogP contribution < -0.4 is 20.9 Å². The van der Waals surface area contributed by atoms with E-state index < -0.39 is 0 Å². The molecule has 3 rings (SSSR count). The first-order valence-electron chi connectivity index (χ1n) is 9.69. The molecular weight excluding hydrogens is 354 g/mol. The molecule has 2 heterocycles. The predicted molar refractivity (Wildman–Crippen MR) is 110 cm³/mol. The van der Waals surface area contributed by atoms with Crippen molar-refractivity contribution in [2.24, 2.45) is 0 Å². The Morgan fingerprint density at radius 1 is 1.04 bits per heavy atom. The van der Waals surface area contributed by atoms with Crippen LogP contribution in [-0.2, 0) is 17.8 Å². The van der Waals surface area contributed by atoms with Gasteiger partial charge < -0.3 is 20.9 Å². The number of hydrogen-bond acceptors (Lipinski definition) is 4. The first-order valence-corrected chi connectivity index (χ1v) is 9.69. The van der Waals surface area contributed by atoms with Gasteiger partial charge in [-0.15, -0.1) is 0 Å². The number of nitrogens with zero attached hydrogens (tertiary/aromatic N) is 2. The van der Waals surface area contributed by atoms with E-state index in [2.05, 4.69) is 25.8 Å². The van der Waals surface area contributed by atoms with Crippen LogP contribution in [0.2, 0.25) is 0 Å². The molecule has 3 amide bonds. The minimum absolute atomic E-state index is 0.101. The molecule has 3 N–H and O–H groups in total. The summed E-state index contributed by atoms with van der Waals surface area (Å²) in [5.41, 5.74) is 2.40. The summed E-state index contributed by atoms with van der Waals surface area (Å²) in [4.78, 5) is 30.9. The fourth-order valence-corrected chi connectivity index (χ4v) is 3.36. The largest absolute Gasteiger partial charge is 0.359 e. The van der Waals surface area contributed by atoms with Crippen molar-refractivity contribution < 1.29 is 9.59 Å². The van der Waals surface area contributed by atoms with Gasteiger partial charge in [-0.1, -0.05) is 24.3 Å². The molecule has 0 atom stereocenters. The van der Waals surface area contributed by atoms with Crippen molar-refractivity contribution in [3.63, 3.8) is 0 Å². The Labute approximate surface area is 165 Å². The van der Waals surface area contributed by atoms with E-state index in [-0.39, 0.29) is 18.4 Å². The molecule has 0 saturated carbocycles. The molecule has 1 aromatic heterocycles. The molecule has 148 valence electrons. The fourth-order valence-electron chi connectivity index (χ4n) is 3.36. The zero-order valence-corrected chi connectivity index (χ0v) is 16.2. The van der Waals surface area contributed by atoms with E-state index >= 15 is 0 Å². The van der Waals surface area contributed by atoms with Gasteiger partial charge in [0.05, 0.1) is 6.42 Å². The number of amides is 3. The number of benzene rings is 1. The number of aromatic nitrogens is 1. The number of rotatable bonds is 6. The third-order valence-corrected chi connectivity index (χ3v) is 4.86. The van der Waals surface area contributed by atoms with Crippen molar-refractivity contribution in [2.75, 3.05) is 30.4 Å².